The van der Waals surface area contributed by atoms with E-state index in [4.69, 9.17) is 11.6 Å². The fraction of sp³-hybridized carbons (Fsp3) is 0.381. The Hall–Kier alpha value is -3.14. The average molecular weight is 462 g/mol. The zero-order chi connectivity index (χ0) is 22.9. The minimum Gasteiger partial charge on any atom is -0.352 e. The van der Waals surface area contributed by atoms with Gasteiger partial charge < -0.3 is 10.2 Å². The minimum absolute atomic E-state index is 0.212. The quantitative estimate of drug-likeness (QED) is 0.625. The van der Waals surface area contributed by atoms with Crippen LogP contribution in [0.5, 0.6) is 0 Å². The topological polar surface area (TPSA) is 88.8 Å². The number of nitrogens with one attached hydrogen (secondary N) is 1. The van der Waals surface area contributed by atoms with E-state index in [-0.39, 0.29) is 18.5 Å². The Bertz CT molecular complexity index is 1090. The lowest BCUT2D eigenvalue weighted by Crippen LogP contribution is -2.57. The molecule has 1 saturated heterocycles. The first-order valence-electron chi connectivity index (χ1n) is 10.1. The van der Waals surface area contributed by atoms with Crippen LogP contribution in [-0.2, 0) is 7.05 Å². The first-order chi connectivity index (χ1) is 15.2. The number of aryl methyl sites for hydroxylation is 1. The number of nitrogens with zero attached hydrogens (tertiary/aromatic N) is 6. The van der Waals surface area contributed by atoms with Gasteiger partial charge >= 0.3 is 0 Å². The Labute approximate surface area is 188 Å². The molecule has 1 N–H and O–H groups in total. The summed E-state index contributed by atoms with van der Waals surface area (Å²) in [7, 11) is 1.69. The smallest absolute Gasteiger partial charge is 0.265 e. The molecule has 0 unspecified atom stereocenters. The molecule has 3 aromatic heterocycles. The monoisotopic (exact) mass is 461 g/mol. The van der Waals surface area contributed by atoms with E-state index in [1.807, 2.05) is 0 Å². The molecule has 1 fully saturated rings. The molecule has 1 amide bonds. The van der Waals surface area contributed by atoms with Crippen LogP contribution in [0, 0.1) is 5.92 Å². The van der Waals surface area contributed by atoms with Crippen LogP contribution in [0.4, 0.5) is 14.7 Å². The summed E-state index contributed by atoms with van der Waals surface area (Å²) in [6, 6.07) is 4.80. The number of anilines is 1. The number of halogens is 3. The van der Waals surface area contributed by atoms with E-state index in [1.165, 1.54) is 28.2 Å². The van der Waals surface area contributed by atoms with Gasteiger partial charge in [0.25, 0.3) is 11.8 Å². The molecule has 0 radical (unpaired) electrons. The second-order valence-corrected chi connectivity index (χ2v) is 8.33. The number of aromatic nitrogens is 5. The summed E-state index contributed by atoms with van der Waals surface area (Å²) < 4.78 is 30.5. The Kier molecular flexibility index (Phi) is 6.05. The molecule has 8 nitrogen and oxygen atoms in total. The van der Waals surface area contributed by atoms with Gasteiger partial charge in [-0.2, -0.15) is 5.10 Å². The average Bonchev–Trinajstić information content (AvgIpc) is 3.15. The number of hydrogen-bond donors (Lipinski definition) is 1. The van der Waals surface area contributed by atoms with Gasteiger partial charge in [0.05, 0.1) is 53.2 Å². The van der Waals surface area contributed by atoms with E-state index in [2.05, 4.69) is 25.4 Å². The van der Waals surface area contributed by atoms with Gasteiger partial charge in [-0.05, 0) is 18.1 Å². The third kappa shape index (κ3) is 4.55. The van der Waals surface area contributed by atoms with Crippen molar-refractivity contribution in [2.24, 2.45) is 13.0 Å². The highest BCUT2D eigenvalue weighted by Gasteiger charge is 2.46. The number of rotatable bonds is 5. The number of hydrogen-bond acceptors (Lipinski definition) is 6. The molecule has 32 heavy (non-hydrogen) atoms. The van der Waals surface area contributed by atoms with Gasteiger partial charge in [-0.3, -0.25) is 14.5 Å². The van der Waals surface area contributed by atoms with Crippen molar-refractivity contribution in [1.82, 2.24) is 29.6 Å². The molecular formula is C21H22ClF2N7O. The summed E-state index contributed by atoms with van der Waals surface area (Å²) in [6.45, 7) is 1.25. The standard InChI is InChI=1S/C21H22ClF2N7O/c1-13-7-21(23,24)12-31(17(13)11-28-20-26-8-14(22)9-27-20)19(32)15-10-29-30(2)18(15)16-5-3-4-6-25-16/h3-6,8-10,13,17H,7,11-12H2,1-2H3,(H,26,27,28)/t13-,17-/m1/s1. The molecule has 11 heteroatoms. The van der Waals surface area contributed by atoms with Crippen LogP contribution in [0.15, 0.2) is 43.0 Å². The third-order valence-corrected chi connectivity index (χ3v) is 5.70. The molecule has 0 spiro atoms. The van der Waals surface area contributed by atoms with Gasteiger partial charge in [-0.25, -0.2) is 18.7 Å². The Morgan fingerprint density at radius 2 is 2.00 bits per heavy atom. The van der Waals surface area contributed by atoms with E-state index < -0.39 is 30.3 Å². The summed E-state index contributed by atoms with van der Waals surface area (Å²) in [5.41, 5.74) is 1.24. The van der Waals surface area contributed by atoms with Crippen LogP contribution in [-0.4, -0.2) is 60.6 Å². The number of amides is 1. The first-order valence-corrected chi connectivity index (χ1v) is 10.5. The van der Waals surface area contributed by atoms with Crippen LogP contribution >= 0.6 is 11.6 Å². The Balaban J connectivity index is 1.64. The molecule has 0 aliphatic carbocycles. The van der Waals surface area contributed by atoms with Crippen LogP contribution < -0.4 is 5.32 Å². The highest BCUT2D eigenvalue weighted by atomic mass is 35.5. The Morgan fingerprint density at radius 3 is 2.69 bits per heavy atom. The SMILES string of the molecule is C[C@@H]1CC(F)(F)CN(C(=O)c2cnn(C)c2-c2ccccn2)[C@@H]1CNc1ncc(Cl)cn1. The zero-order valence-electron chi connectivity index (χ0n) is 17.5. The second-order valence-electron chi connectivity index (χ2n) is 7.89. The normalized spacial score (nSPS) is 20.2. The maximum atomic E-state index is 14.5. The van der Waals surface area contributed by atoms with Crippen molar-refractivity contribution in [3.63, 3.8) is 0 Å². The predicted molar refractivity (Wildman–Crippen MR) is 116 cm³/mol. The number of pyridine rings is 1. The van der Waals surface area contributed by atoms with Crippen molar-refractivity contribution >= 4 is 23.5 Å². The number of carbonyl (C=O) groups excluding carboxylic acids is 1. The molecule has 0 aromatic carbocycles. The minimum atomic E-state index is -2.99. The zero-order valence-corrected chi connectivity index (χ0v) is 18.3. The largest absolute Gasteiger partial charge is 0.352 e. The van der Waals surface area contributed by atoms with E-state index in [1.54, 1.807) is 38.4 Å². The van der Waals surface area contributed by atoms with Gasteiger partial charge in [-0.1, -0.05) is 24.6 Å². The molecule has 2 atom stereocenters. The molecule has 4 rings (SSSR count). The lowest BCUT2D eigenvalue weighted by atomic mass is 9.88. The summed E-state index contributed by atoms with van der Waals surface area (Å²) in [4.78, 5) is 27.2. The molecule has 4 heterocycles. The van der Waals surface area contributed by atoms with Gasteiger partial charge in [0.1, 0.15) is 0 Å². The maximum Gasteiger partial charge on any atom is 0.265 e. The highest BCUT2D eigenvalue weighted by molar-refractivity contribution is 6.30. The molecule has 3 aromatic rings. The van der Waals surface area contributed by atoms with Gasteiger partial charge in [0.15, 0.2) is 0 Å². The summed E-state index contributed by atoms with van der Waals surface area (Å²) in [5.74, 6) is -3.66. The first kappa shape index (κ1) is 22.1. The molecule has 1 aliphatic heterocycles. The van der Waals surface area contributed by atoms with Crippen molar-refractivity contribution in [1.29, 1.82) is 0 Å². The predicted octanol–water partition coefficient (Wildman–Crippen LogP) is 3.52. The lowest BCUT2D eigenvalue weighted by molar-refractivity contribution is -0.0897. The number of likely N-dealkylation sites (tertiary alicyclic amines) is 1. The second kappa shape index (κ2) is 8.78. The van der Waals surface area contributed by atoms with Crippen LogP contribution in [0.25, 0.3) is 11.4 Å². The van der Waals surface area contributed by atoms with Crippen molar-refractivity contribution in [2.75, 3.05) is 18.4 Å². The lowest BCUT2D eigenvalue weighted by Gasteiger charge is -2.43. The van der Waals surface area contributed by atoms with Crippen molar-refractivity contribution in [2.45, 2.75) is 25.3 Å². The molecule has 168 valence electrons. The van der Waals surface area contributed by atoms with Crippen LogP contribution in [0.3, 0.4) is 0 Å². The van der Waals surface area contributed by atoms with Crippen molar-refractivity contribution in [3.05, 3.63) is 53.6 Å². The summed E-state index contributed by atoms with van der Waals surface area (Å²) >= 11 is 5.81. The molecule has 1 aliphatic rings. The Morgan fingerprint density at radius 1 is 1.25 bits per heavy atom. The van der Waals surface area contributed by atoms with E-state index in [9.17, 15) is 13.6 Å². The van der Waals surface area contributed by atoms with Crippen LogP contribution in [0.1, 0.15) is 23.7 Å². The van der Waals surface area contributed by atoms with Crippen molar-refractivity contribution < 1.29 is 13.6 Å². The number of alkyl halides is 2. The van der Waals surface area contributed by atoms with E-state index >= 15 is 0 Å². The van der Waals surface area contributed by atoms with Crippen LogP contribution in [0.2, 0.25) is 5.02 Å². The van der Waals surface area contributed by atoms with Gasteiger partial charge in [0, 0.05) is 26.2 Å². The van der Waals surface area contributed by atoms with Crippen molar-refractivity contribution in [3.8, 4) is 11.4 Å². The van der Waals surface area contributed by atoms with Gasteiger partial charge in [0.2, 0.25) is 5.95 Å². The molecule has 0 bridgehead atoms. The van der Waals surface area contributed by atoms with E-state index in [0.717, 1.165) is 0 Å². The maximum absolute atomic E-state index is 14.5. The molecule has 0 saturated carbocycles. The fourth-order valence-electron chi connectivity index (χ4n) is 4.03. The van der Waals surface area contributed by atoms with Gasteiger partial charge in [-0.15, -0.1) is 0 Å². The van der Waals surface area contributed by atoms with E-state index in [0.29, 0.717) is 22.4 Å². The summed E-state index contributed by atoms with van der Waals surface area (Å²) in [5, 5.41) is 7.60. The third-order valence-electron chi connectivity index (χ3n) is 5.51. The number of piperidine rings is 1. The number of carbonyl (C=O) groups is 1. The molecular weight excluding hydrogens is 440 g/mol. The fourth-order valence-corrected chi connectivity index (χ4v) is 4.13. The summed E-state index contributed by atoms with van der Waals surface area (Å²) in [6.07, 6.45) is 5.56. The highest BCUT2D eigenvalue weighted by Crippen LogP contribution is 2.36.